The number of amides is 1. The van der Waals surface area contributed by atoms with Crippen LogP contribution in [0.1, 0.15) is 36.7 Å². The van der Waals surface area contributed by atoms with Crippen molar-refractivity contribution in [2.24, 2.45) is 0 Å². The Morgan fingerprint density at radius 3 is 2.28 bits per heavy atom. The van der Waals surface area contributed by atoms with Crippen LogP contribution in [0.5, 0.6) is 11.5 Å². The quantitative estimate of drug-likeness (QED) is 0.530. The molecule has 0 atom stereocenters. The predicted octanol–water partition coefficient (Wildman–Crippen LogP) is 3.97. The molecule has 0 saturated heterocycles. The maximum atomic E-state index is 12.7. The second-order valence-electron chi connectivity index (χ2n) is 5.87. The van der Waals surface area contributed by atoms with E-state index in [0.717, 1.165) is 0 Å². The molecule has 29 heavy (non-hydrogen) atoms. The Kier molecular flexibility index (Phi) is 7.65. The second kappa shape index (κ2) is 9.76. The molecule has 0 saturated carbocycles. The normalized spacial score (nSPS) is 10.9. The average Bonchev–Trinajstić information content (AvgIpc) is 2.71. The number of hydrogen-bond donors (Lipinski definition) is 0. The summed E-state index contributed by atoms with van der Waals surface area (Å²) in [6.45, 7) is 6.87. The van der Waals surface area contributed by atoms with Gasteiger partial charge in [-0.15, -0.1) is 0 Å². The van der Waals surface area contributed by atoms with Gasteiger partial charge in [0, 0.05) is 24.7 Å². The monoisotopic (exact) mass is 480 g/mol. The molecule has 7 nitrogen and oxygen atoms in total. The summed E-state index contributed by atoms with van der Waals surface area (Å²) in [5.74, 6) is -0.0854. The van der Waals surface area contributed by atoms with Crippen LogP contribution in [0.2, 0.25) is 0 Å². The highest BCUT2D eigenvalue weighted by Crippen LogP contribution is 2.38. The number of ether oxygens (including phenoxy) is 1. The van der Waals surface area contributed by atoms with Crippen molar-refractivity contribution in [1.82, 2.24) is 4.90 Å². The van der Waals surface area contributed by atoms with Crippen LogP contribution >= 0.6 is 15.9 Å². The Balaban J connectivity index is 2.35. The highest BCUT2D eigenvalue weighted by atomic mass is 79.9. The molecular weight excluding hydrogens is 460 g/mol. The number of benzene rings is 2. The van der Waals surface area contributed by atoms with E-state index in [9.17, 15) is 13.2 Å². The minimum Gasteiger partial charge on any atom is -0.490 e. The second-order valence-corrected chi connectivity index (χ2v) is 8.27. The number of hydrogen-bond acceptors (Lipinski definition) is 6. The average molecular weight is 481 g/mol. The molecule has 0 aliphatic rings. The lowest BCUT2D eigenvalue weighted by molar-refractivity contribution is 0.0773. The standard InChI is InChI=1S/C20H21BrN2O5S/c1-4-23(5-2)20(24)15-7-9-16(10-8-15)29(25,26)28-19-17(21)11-14(13-22)12-18(19)27-6-3/h7-12H,4-6H2,1-3H3. The highest BCUT2D eigenvalue weighted by Gasteiger charge is 2.23. The summed E-state index contributed by atoms with van der Waals surface area (Å²) in [4.78, 5) is 13.9. The van der Waals surface area contributed by atoms with Gasteiger partial charge >= 0.3 is 10.1 Å². The third kappa shape index (κ3) is 5.28. The molecule has 0 spiro atoms. The van der Waals surface area contributed by atoms with Gasteiger partial charge in [-0.3, -0.25) is 4.79 Å². The summed E-state index contributed by atoms with van der Waals surface area (Å²) < 4.78 is 36.5. The Morgan fingerprint density at radius 1 is 1.14 bits per heavy atom. The van der Waals surface area contributed by atoms with E-state index in [1.165, 1.54) is 36.4 Å². The first kappa shape index (κ1) is 22.7. The summed E-state index contributed by atoms with van der Waals surface area (Å²) in [5, 5.41) is 9.09. The van der Waals surface area contributed by atoms with Gasteiger partial charge in [-0.1, -0.05) is 0 Å². The molecule has 0 fully saturated rings. The zero-order valence-electron chi connectivity index (χ0n) is 16.3. The van der Waals surface area contributed by atoms with Crippen molar-refractivity contribution in [2.45, 2.75) is 25.7 Å². The number of halogens is 1. The molecule has 9 heteroatoms. The molecule has 0 aromatic heterocycles. The van der Waals surface area contributed by atoms with Gasteiger partial charge in [0.25, 0.3) is 5.91 Å². The predicted molar refractivity (Wildman–Crippen MR) is 112 cm³/mol. The van der Waals surface area contributed by atoms with Crippen LogP contribution in [0, 0.1) is 11.3 Å². The maximum absolute atomic E-state index is 12.7. The van der Waals surface area contributed by atoms with Crippen molar-refractivity contribution in [1.29, 1.82) is 5.26 Å². The molecule has 2 aromatic rings. The zero-order chi connectivity index (χ0) is 21.6. The molecule has 0 heterocycles. The summed E-state index contributed by atoms with van der Waals surface area (Å²) in [6, 6.07) is 10.4. The molecule has 1 amide bonds. The molecular formula is C20H21BrN2O5S. The van der Waals surface area contributed by atoms with Gasteiger partial charge in [-0.05, 0) is 67.0 Å². The molecule has 0 radical (unpaired) electrons. The molecule has 0 unspecified atom stereocenters. The van der Waals surface area contributed by atoms with E-state index in [2.05, 4.69) is 15.9 Å². The van der Waals surface area contributed by atoms with Crippen molar-refractivity contribution in [2.75, 3.05) is 19.7 Å². The number of carbonyl (C=O) groups is 1. The zero-order valence-corrected chi connectivity index (χ0v) is 18.7. The fourth-order valence-electron chi connectivity index (χ4n) is 2.59. The van der Waals surface area contributed by atoms with Crippen LogP contribution in [0.4, 0.5) is 0 Å². The van der Waals surface area contributed by atoms with Gasteiger partial charge in [0.1, 0.15) is 4.90 Å². The lowest BCUT2D eigenvalue weighted by Gasteiger charge is -2.18. The van der Waals surface area contributed by atoms with Crippen LogP contribution < -0.4 is 8.92 Å². The third-order valence-electron chi connectivity index (χ3n) is 4.07. The number of nitriles is 1. The SMILES string of the molecule is CCOc1cc(C#N)cc(Br)c1OS(=O)(=O)c1ccc(C(=O)N(CC)CC)cc1. The Bertz CT molecular complexity index is 1030. The van der Waals surface area contributed by atoms with Gasteiger partial charge in [0.2, 0.25) is 0 Å². The van der Waals surface area contributed by atoms with E-state index >= 15 is 0 Å². The molecule has 0 bridgehead atoms. The van der Waals surface area contributed by atoms with Gasteiger partial charge < -0.3 is 13.8 Å². The summed E-state index contributed by atoms with van der Waals surface area (Å²) in [5.41, 5.74) is 0.687. The fraction of sp³-hybridized carbons (Fsp3) is 0.300. The van der Waals surface area contributed by atoms with Crippen LogP contribution in [0.15, 0.2) is 45.8 Å². The van der Waals surface area contributed by atoms with Gasteiger partial charge in [-0.2, -0.15) is 13.7 Å². The Labute approximate surface area is 179 Å². The van der Waals surface area contributed by atoms with E-state index in [1.807, 2.05) is 19.9 Å². The van der Waals surface area contributed by atoms with Gasteiger partial charge in [0.15, 0.2) is 11.5 Å². The van der Waals surface area contributed by atoms with E-state index in [4.69, 9.17) is 14.2 Å². The van der Waals surface area contributed by atoms with Crippen molar-refractivity contribution >= 4 is 32.0 Å². The topological polar surface area (TPSA) is 96.7 Å². The van der Waals surface area contributed by atoms with Crippen molar-refractivity contribution in [3.8, 4) is 17.6 Å². The van der Waals surface area contributed by atoms with E-state index < -0.39 is 10.1 Å². The third-order valence-corrected chi connectivity index (χ3v) is 5.90. The number of nitrogens with zero attached hydrogens (tertiary/aromatic N) is 2. The number of carbonyl (C=O) groups excluding carboxylic acids is 1. The fourth-order valence-corrected chi connectivity index (χ4v) is 4.18. The van der Waals surface area contributed by atoms with Crippen molar-refractivity contribution < 1.29 is 22.1 Å². The van der Waals surface area contributed by atoms with Gasteiger partial charge in [-0.25, -0.2) is 0 Å². The summed E-state index contributed by atoms with van der Waals surface area (Å²) in [7, 11) is -4.19. The first-order valence-electron chi connectivity index (χ1n) is 8.97. The molecule has 154 valence electrons. The highest BCUT2D eigenvalue weighted by molar-refractivity contribution is 9.10. The maximum Gasteiger partial charge on any atom is 0.339 e. The lowest BCUT2D eigenvalue weighted by atomic mass is 10.2. The van der Waals surface area contributed by atoms with Crippen LogP contribution in [-0.4, -0.2) is 38.9 Å². The first-order chi connectivity index (χ1) is 13.8. The Hall–Kier alpha value is -2.57. The first-order valence-corrected chi connectivity index (χ1v) is 11.2. The number of rotatable bonds is 8. The molecule has 0 aliphatic carbocycles. The molecule has 2 rings (SSSR count). The van der Waals surface area contributed by atoms with E-state index in [0.29, 0.717) is 24.2 Å². The smallest absolute Gasteiger partial charge is 0.339 e. The van der Waals surface area contributed by atoms with Crippen molar-refractivity contribution in [3.05, 3.63) is 52.0 Å². The van der Waals surface area contributed by atoms with Crippen molar-refractivity contribution in [3.63, 3.8) is 0 Å². The van der Waals surface area contributed by atoms with Crippen LogP contribution in [0.3, 0.4) is 0 Å². The molecule has 0 aliphatic heterocycles. The minimum atomic E-state index is -4.19. The minimum absolute atomic E-state index is 0.0471. The lowest BCUT2D eigenvalue weighted by Crippen LogP contribution is -2.30. The van der Waals surface area contributed by atoms with Crippen LogP contribution in [-0.2, 0) is 10.1 Å². The largest absolute Gasteiger partial charge is 0.490 e. The summed E-state index contributed by atoms with van der Waals surface area (Å²) >= 11 is 3.23. The van der Waals surface area contributed by atoms with Crippen LogP contribution in [0.25, 0.3) is 0 Å². The van der Waals surface area contributed by atoms with Gasteiger partial charge in [0.05, 0.1) is 22.7 Å². The Morgan fingerprint density at radius 2 is 1.76 bits per heavy atom. The summed E-state index contributed by atoms with van der Waals surface area (Å²) in [6.07, 6.45) is 0. The van der Waals surface area contributed by atoms with E-state index in [-0.39, 0.29) is 33.4 Å². The van der Waals surface area contributed by atoms with E-state index in [1.54, 1.807) is 11.8 Å². The molecule has 0 N–H and O–H groups in total. The molecule has 2 aromatic carbocycles.